The van der Waals surface area contributed by atoms with E-state index in [4.69, 9.17) is 16.0 Å². The molecule has 1 aromatic carbocycles. The summed E-state index contributed by atoms with van der Waals surface area (Å²) >= 11 is 0. The zero-order chi connectivity index (χ0) is 10.8. The van der Waals surface area contributed by atoms with Gasteiger partial charge in [-0.25, -0.2) is 0 Å². The number of benzene rings is 1. The zero-order valence-electron chi connectivity index (χ0n) is 9.47. The number of nitrogens with two attached hydrogens (primary N) is 2. The van der Waals surface area contributed by atoms with Gasteiger partial charge in [0.05, 0.1) is 4.90 Å². The minimum atomic E-state index is -4.18. The van der Waals surface area contributed by atoms with Gasteiger partial charge in [-0.15, -0.1) is 0 Å². The molecule has 0 fully saturated rings. The van der Waals surface area contributed by atoms with Crippen LogP contribution in [0.3, 0.4) is 0 Å². The van der Waals surface area contributed by atoms with Crippen LogP contribution in [0.2, 0.25) is 0 Å². The van der Waals surface area contributed by atoms with Gasteiger partial charge in [-0.1, -0.05) is 6.07 Å². The van der Waals surface area contributed by atoms with E-state index < -0.39 is 10.1 Å². The normalized spacial score (nSPS) is 10.9. The maximum Gasteiger partial charge on any atom is 1.00 e. The molecular weight excluding hydrogens is 227 g/mol. The van der Waals surface area contributed by atoms with E-state index in [0.717, 1.165) is 0 Å². The van der Waals surface area contributed by atoms with Gasteiger partial charge in [0.25, 0.3) is 10.1 Å². The van der Waals surface area contributed by atoms with E-state index in [9.17, 15) is 8.42 Å². The summed E-state index contributed by atoms with van der Waals surface area (Å²) in [4.78, 5) is -0.166. The predicted molar refractivity (Wildman–Crippen MR) is 53.2 cm³/mol. The molecule has 1 aromatic rings. The Bertz CT molecular complexity index is 417. The second-order valence-corrected chi connectivity index (χ2v) is 4.29. The topological polar surface area (TPSA) is 106 Å². The number of hydrogen-bond acceptors (Lipinski definition) is 4. The molecule has 0 heterocycles. The van der Waals surface area contributed by atoms with E-state index in [1.54, 1.807) is 6.07 Å². The summed E-state index contributed by atoms with van der Waals surface area (Å²) < 4.78 is 30.5. The van der Waals surface area contributed by atoms with Crippen molar-refractivity contribution in [2.45, 2.75) is 18.0 Å². The average Bonchev–Trinajstić information content (AvgIpc) is 2.15. The van der Waals surface area contributed by atoms with Crippen LogP contribution in [-0.2, 0) is 23.2 Å². The Morgan fingerprint density at radius 1 is 1.13 bits per heavy atom. The van der Waals surface area contributed by atoms with E-state index in [0.29, 0.717) is 11.1 Å². The first-order valence-corrected chi connectivity index (χ1v) is 5.42. The van der Waals surface area contributed by atoms with Crippen LogP contribution in [0.5, 0.6) is 0 Å². The largest absolute Gasteiger partial charge is 1.00 e. The first-order chi connectivity index (χ1) is 6.47. The minimum absolute atomic E-state index is 0. The fourth-order valence-electron chi connectivity index (χ4n) is 1.11. The zero-order valence-corrected chi connectivity index (χ0v) is 11.3. The van der Waals surface area contributed by atoms with Gasteiger partial charge in [0, 0.05) is 13.1 Å². The summed E-state index contributed by atoms with van der Waals surface area (Å²) in [6.07, 6.45) is 0. The van der Waals surface area contributed by atoms with Gasteiger partial charge >= 0.3 is 29.6 Å². The third-order valence-electron chi connectivity index (χ3n) is 1.80. The van der Waals surface area contributed by atoms with Crippen LogP contribution in [0.25, 0.3) is 0 Å². The molecule has 0 spiro atoms. The number of rotatable bonds is 3. The predicted octanol–water partition coefficient (Wildman–Crippen LogP) is -3.03. The summed E-state index contributed by atoms with van der Waals surface area (Å²) in [6.45, 7) is 0.409. The van der Waals surface area contributed by atoms with Crippen molar-refractivity contribution >= 4 is 10.1 Å². The Hall–Kier alpha value is 0.0500. The summed E-state index contributed by atoms with van der Waals surface area (Å²) in [5, 5.41) is 0. The van der Waals surface area contributed by atoms with Crippen molar-refractivity contribution in [1.82, 2.24) is 0 Å². The van der Waals surface area contributed by atoms with Crippen LogP contribution in [0.15, 0.2) is 23.1 Å². The molecule has 0 atom stereocenters. The minimum Gasteiger partial charge on any atom is -1.00 e. The molecule has 0 aliphatic rings. The van der Waals surface area contributed by atoms with Crippen LogP contribution in [-0.4, -0.2) is 13.0 Å². The van der Waals surface area contributed by atoms with Crippen molar-refractivity contribution in [1.29, 1.82) is 0 Å². The molecule has 0 bridgehead atoms. The van der Waals surface area contributed by atoms with Gasteiger partial charge in [0.2, 0.25) is 0 Å². The summed E-state index contributed by atoms with van der Waals surface area (Å²) in [6, 6.07) is 4.36. The second-order valence-electron chi connectivity index (χ2n) is 2.87. The molecule has 0 amide bonds. The monoisotopic (exact) mass is 240 g/mol. The first-order valence-electron chi connectivity index (χ1n) is 3.98. The molecule has 0 unspecified atom stereocenters. The summed E-state index contributed by atoms with van der Waals surface area (Å²) in [5.41, 5.74) is 12.0. The first kappa shape index (κ1) is 15.0. The average molecular weight is 240 g/mol. The van der Waals surface area contributed by atoms with E-state index in [2.05, 4.69) is 0 Å². The molecular formula is C8H13N2NaO3S. The summed E-state index contributed by atoms with van der Waals surface area (Å²) in [7, 11) is -4.18. The maximum atomic E-state index is 10.8. The van der Waals surface area contributed by atoms with Crippen molar-refractivity contribution in [2.75, 3.05) is 0 Å². The Morgan fingerprint density at radius 3 is 1.80 bits per heavy atom. The van der Waals surface area contributed by atoms with Crippen molar-refractivity contribution < 1.29 is 44.0 Å². The SMILES string of the molecule is NCc1cc(CN)cc(S(=O)(=O)O)c1.[H-].[Na+]. The molecule has 0 aliphatic heterocycles. The fraction of sp³-hybridized carbons (Fsp3) is 0.250. The van der Waals surface area contributed by atoms with Gasteiger partial charge in [-0.3, -0.25) is 4.55 Å². The Kier molecular flexibility index (Phi) is 5.97. The maximum absolute atomic E-state index is 10.8. The van der Waals surface area contributed by atoms with Gasteiger partial charge in [-0.05, 0) is 23.3 Å². The smallest absolute Gasteiger partial charge is 1.00 e. The second kappa shape index (κ2) is 5.95. The van der Waals surface area contributed by atoms with Gasteiger partial charge < -0.3 is 12.9 Å². The van der Waals surface area contributed by atoms with Crippen molar-refractivity contribution in [3.05, 3.63) is 29.3 Å². The quantitative estimate of drug-likeness (QED) is 0.385. The third-order valence-corrected chi connectivity index (χ3v) is 2.63. The molecule has 0 aromatic heterocycles. The molecule has 0 saturated carbocycles. The molecule has 0 aliphatic carbocycles. The molecule has 5 nitrogen and oxygen atoms in total. The van der Waals surface area contributed by atoms with Crippen LogP contribution in [0.4, 0.5) is 0 Å². The third kappa shape index (κ3) is 4.20. The van der Waals surface area contributed by atoms with Crippen LogP contribution >= 0.6 is 0 Å². The molecule has 15 heavy (non-hydrogen) atoms. The van der Waals surface area contributed by atoms with Crippen molar-refractivity contribution in [3.8, 4) is 0 Å². The molecule has 7 heteroatoms. The Morgan fingerprint density at radius 2 is 1.53 bits per heavy atom. The fourth-order valence-corrected chi connectivity index (χ4v) is 1.71. The molecule has 1 rings (SSSR count). The van der Waals surface area contributed by atoms with E-state index >= 15 is 0 Å². The summed E-state index contributed by atoms with van der Waals surface area (Å²) in [5.74, 6) is 0. The molecule has 5 N–H and O–H groups in total. The van der Waals surface area contributed by atoms with Crippen LogP contribution in [0, 0.1) is 0 Å². The van der Waals surface area contributed by atoms with Crippen molar-refractivity contribution in [2.24, 2.45) is 11.5 Å². The Balaban J connectivity index is 0. The van der Waals surface area contributed by atoms with Gasteiger partial charge in [0.15, 0.2) is 0 Å². The molecule has 0 radical (unpaired) electrons. The van der Waals surface area contributed by atoms with Gasteiger partial charge in [0.1, 0.15) is 0 Å². The number of hydrogen-bond donors (Lipinski definition) is 3. The van der Waals surface area contributed by atoms with Crippen molar-refractivity contribution in [3.63, 3.8) is 0 Å². The molecule has 80 valence electrons. The van der Waals surface area contributed by atoms with E-state index in [-0.39, 0.29) is 49.0 Å². The van der Waals surface area contributed by atoms with E-state index in [1.165, 1.54) is 12.1 Å². The van der Waals surface area contributed by atoms with E-state index in [1.807, 2.05) is 0 Å². The standard InChI is InChI=1S/C8H12N2O3S.Na.H/c9-4-6-1-7(5-10)3-8(2-6)14(11,12)13;;/h1-3H,4-5,9-10H2,(H,11,12,13);;/q;+1;-1. The van der Waals surface area contributed by atoms with Gasteiger partial charge in [-0.2, -0.15) is 8.42 Å². The Labute approximate surface area is 112 Å². The van der Waals surface area contributed by atoms with Crippen LogP contribution < -0.4 is 41.0 Å². The molecule has 0 saturated heterocycles. The van der Waals surface area contributed by atoms with Crippen LogP contribution in [0.1, 0.15) is 12.6 Å².